The number of hydrogen-bond donors (Lipinski definition) is 0. The summed E-state index contributed by atoms with van der Waals surface area (Å²) in [5.41, 5.74) is 1.81. The molecule has 0 amide bonds. The minimum atomic E-state index is -0.242. The molecule has 38 heavy (non-hydrogen) atoms. The Morgan fingerprint density at radius 2 is 1.16 bits per heavy atom. The van der Waals surface area contributed by atoms with Crippen molar-refractivity contribution in [2.75, 3.05) is 13.2 Å². The van der Waals surface area contributed by atoms with Crippen LogP contribution in [0.3, 0.4) is 0 Å². The zero-order chi connectivity index (χ0) is 26.6. The first kappa shape index (κ1) is 33.9. The smallest absolute Gasteiger partial charge is 0.348 e. The molecule has 0 bridgehead atoms. The lowest BCUT2D eigenvalue weighted by molar-refractivity contribution is -0.660. The van der Waals surface area contributed by atoms with Crippen molar-refractivity contribution in [1.29, 1.82) is 0 Å². The van der Waals surface area contributed by atoms with Crippen molar-refractivity contribution < 1.29 is 36.0 Å². The standard InChI is InChI=1S/C31H51N2O4.ClH/c1-3-5-7-9-11-13-15-19-23-36-30(34)25-32-27-33(29-22-18-17-21-28(29)32)26-31(35)37-24-20-16-14-12-10-8-6-4-2;/h17-18,21-22,27H,3-16,19-20,23-26H2,1-2H3;1H/q+1;/p-1. The van der Waals surface area contributed by atoms with Gasteiger partial charge in [-0.25, -0.2) is 18.7 Å². The van der Waals surface area contributed by atoms with E-state index in [2.05, 4.69) is 13.8 Å². The van der Waals surface area contributed by atoms with Crippen LogP contribution in [0.5, 0.6) is 0 Å². The van der Waals surface area contributed by atoms with E-state index in [1.807, 2.05) is 39.7 Å². The van der Waals surface area contributed by atoms with E-state index in [1.165, 1.54) is 77.0 Å². The molecule has 0 aliphatic rings. The SMILES string of the molecule is CCCCCCCCCCOC(=O)Cn1c[n+](CC(=O)OCCCCCCCCCC)c2ccccc21.[Cl-]. The number of rotatable bonds is 22. The molecule has 1 aromatic carbocycles. The Hall–Kier alpha value is -2.08. The third-order valence-corrected chi connectivity index (χ3v) is 6.90. The van der Waals surface area contributed by atoms with E-state index in [-0.39, 0.29) is 37.4 Å². The van der Waals surface area contributed by atoms with Crippen LogP contribution in [-0.2, 0) is 32.2 Å². The fourth-order valence-corrected chi connectivity index (χ4v) is 4.71. The predicted octanol–water partition coefficient (Wildman–Crippen LogP) is 4.30. The van der Waals surface area contributed by atoms with E-state index in [1.54, 1.807) is 0 Å². The molecule has 0 fully saturated rings. The zero-order valence-corrected chi connectivity index (χ0v) is 24.7. The summed E-state index contributed by atoms with van der Waals surface area (Å²) in [6.45, 7) is 5.68. The Morgan fingerprint density at radius 3 is 1.71 bits per heavy atom. The number of fused-ring (bicyclic) bond motifs is 1. The number of carbonyl (C=O) groups excluding carboxylic acids is 2. The minimum absolute atomic E-state index is 0. The lowest BCUT2D eigenvalue weighted by Gasteiger charge is -2.04. The average molecular weight is 551 g/mol. The molecule has 0 unspecified atom stereocenters. The van der Waals surface area contributed by atoms with Gasteiger partial charge in [-0.15, -0.1) is 0 Å². The summed E-state index contributed by atoms with van der Waals surface area (Å²) in [6.07, 6.45) is 21.3. The number of hydrogen-bond acceptors (Lipinski definition) is 4. The lowest BCUT2D eigenvalue weighted by Crippen LogP contribution is -3.00. The average Bonchev–Trinajstić information content (AvgIpc) is 3.23. The summed E-state index contributed by atoms with van der Waals surface area (Å²) in [5.74, 6) is -0.485. The number of ether oxygens (including phenoxy) is 2. The second kappa shape index (κ2) is 21.8. The molecule has 7 heteroatoms. The number of nitrogens with zero attached hydrogens (tertiary/aromatic N) is 2. The fraction of sp³-hybridized carbons (Fsp3) is 0.710. The van der Waals surface area contributed by atoms with Crippen LogP contribution in [0.2, 0.25) is 0 Å². The van der Waals surface area contributed by atoms with Crippen molar-refractivity contribution >= 4 is 23.0 Å². The fourth-order valence-electron chi connectivity index (χ4n) is 4.71. The van der Waals surface area contributed by atoms with Gasteiger partial charge in [0, 0.05) is 0 Å². The van der Waals surface area contributed by atoms with Crippen molar-refractivity contribution in [1.82, 2.24) is 4.57 Å². The number of benzene rings is 1. The second-order valence-corrected chi connectivity index (χ2v) is 10.3. The Bertz CT molecular complexity index is 829. The molecule has 0 N–H and O–H groups in total. The van der Waals surface area contributed by atoms with E-state index in [0.717, 1.165) is 36.7 Å². The van der Waals surface area contributed by atoms with Crippen LogP contribution in [0, 0.1) is 0 Å². The highest BCUT2D eigenvalue weighted by Gasteiger charge is 2.20. The minimum Gasteiger partial charge on any atom is -1.00 e. The summed E-state index contributed by atoms with van der Waals surface area (Å²) in [5, 5.41) is 0. The summed E-state index contributed by atoms with van der Waals surface area (Å²) < 4.78 is 14.7. The van der Waals surface area contributed by atoms with Gasteiger partial charge in [0.25, 0.3) is 0 Å². The van der Waals surface area contributed by atoms with Crippen molar-refractivity contribution in [3.63, 3.8) is 0 Å². The topological polar surface area (TPSA) is 61.4 Å². The van der Waals surface area contributed by atoms with Crippen molar-refractivity contribution in [2.45, 2.75) is 130 Å². The van der Waals surface area contributed by atoms with Gasteiger partial charge in [-0.05, 0) is 25.0 Å². The largest absolute Gasteiger partial charge is 1.00 e. The van der Waals surface area contributed by atoms with Crippen molar-refractivity contribution in [3.05, 3.63) is 30.6 Å². The molecule has 6 nitrogen and oxygen atoms in total. The van der Waals surface area contributed by atoms with E-state index >= 15 is 0 Å². The highest BCUT2D eigenvalue weighted by Crippen LogP contribution is 2.12. The van der Waals surface area contributed by atoms with Gasteiger partial charge in [-0.3, -0.25) is 0 Å². The Labute approximate surface area is 236 Å². The normalized spacial score (nSPS) is 10.9. The first-order chi connectivity index (χ1) is 18.2. The maximum absolute atomic E-state index is 12.5. The van der Waals surface area contributed by atoms with E-state index in [9.17, 15) is 9.59 Å². The molecular weight excluding hydrogens is 500 g/mol. The van der Waals surface area contributed by atoms with Crippen LogP contribution in [0.4, 0.5) is 0 Å². The van der Waals surface area contributed by atoms with Gasteiger partial charge in [0.1, 0.15) is 0 Å². The third-order valence-electron chi connectivity index (χ3n) is 6.90. The molecule has 0 saturated heterocycles. The Kier molecular flexibility index (Phi) is 19.5. The Morgan fingerprint density at radius 1 is 0.684 bits per heavy atom. The summed E-state index contributed by atoms with van der Waals surface area (Å²) in [6, 6.07) is 7.80. The van der Waals surface area contributed by atoms with Crippen LogP contribution in [0.1, 0.15) is 117 Å². The quantitative estimate of drug-likeness (QED) is 0.125. The van der Waals surface area contributed by atoms with Crippen molar-refractivity contribution in [2.24, 2.45) is 0 Å². The maximum atomic E-state index is 12.5. The highest BCUT2D eigenvalue weighted by atomic mass is 35.5. The van der Waals surface area contributed by atoms with Crippen LogP contribution < -0.4 is 17.0 Å². The Balaban J connectivity index is 0.00000722. The molecule has 2 aromatic rings. The highest BCUT2D eigenvalue weighted by molar-refractivity contribution is 5.76. The summed E-state index contributed by atoms with van der Waals surface area (Å²) >= 11 is 0. The molecule has 216 valence electrons. The number of esters is 2. The van der Waals surface area contributed by atoms with Gasteiger partial charge in [0.05, 0.1) is 13.2 Å². The molecule has 0 spiro atoms. The van der Waals surface area contributed by atoms with Crippen LogP contribution >= 0.6 is 0 Å². The molecule has 0 atom stereocenters. The number of halogens is 1. The number of unbranched alkanes of at least 4 members (excludes halogenated alkanes) is 14. The molecule has 0 aliphatic heterocycles. The first-order valence-electron chi connectivity index (χ1n) is 14.9. The van der Waals surface area contributed by atoms with Gasteiger partial charge in [-0.1, -0.05) is 116 Å². The van der Waals surface area contributed by atoms with Gasteiger partial charge in [-0.2, -0.15) is 0 Å². The number of imidazole rings is 1. The summed E-state index contributed by atoms with van der Waals surface area (Å²) in [4.78, 5) is 24.9. The zero-order valence-electron chi connectivity index (χ0n) is 23.9. The maximum Gasteiger partial charge on any atom is 0.348 e. The summed E-state index contributed by atoms with van der Waals surface area (Å²) in [7, 11) is 0. The molecule has 1 aromatic heterocycles. The second-order valence-electron chi connectivity index (χ2n) is 10.3. The molecular formula is C31H51ClN2O4. The predicted molar refractivity (Wildman–Crippen MR) is 149 cm³/mol. The first-order valence-corrected chi connectivity index (χ1v) is 14.9. The van der Waals surface area contributed by atoms with Gasteiger partial charge >= 0.3 is 11.9 Å². The lowest BCUT2D eigenvalue weighted by atomic mass is 10.1. The number of para-hydroxylation sites is 2. The van der Waals surface area contributed by atoms with Crippen molar-refractivity contribution in [3.8, 4) is 0 Å². The van der Waals surface area contributed by atoms with E-state index in [4.69, 9.17) is 9.47 Å². The van der Waals surface area contributed by atoms with E-state index < -0.39 is 0 Å². The molecule has 2 rings (SSSR count). The van der Waals surface area contributed by atoms with Crippen LogP contribution in [-0.4, -0.2) is 29.7 Å². The van der Waals surface area contributed by atoms with Gasteiger partial charge in [0.2, 0.25) is 6.33 Å². The number of aromatic nitrogens is 2. The molecule has 0 aliphatic carbocycles. The monoisotopic (exact) mass is 550 g/mol. The van der Waals surface area contributed by atoms with Crippen LogP contribution in [0.15, 0.2) is 30.6 Å². The van der Waals surface area contributed by atoms with Gasteiger partial charge in [0.15, 0.2) is 24.1 Å². The van der Waals surface area contributed by atoms with Crippen LogP contribution in [0.25, 0.3) is 11.0 Å². The molecule has 1 heterocycles. The number of carbonyl (C=O) groups is 2. The third kappa shape index (κ3) is 14.2. The van der Waals surface area contributed by atoms with E-state index in [0.29, 0.717) is 13.2 Å². The molecule has 0 radical (unpaired) electrons. The van der Waals surface area contributed by atoms with Gasteiger partial charge < -0.3 is 21.9 Å². The molecule has 0 saturated carbocycles.